The summed E-state index contributed by atoms with van der Waals surface area (Å²) in [4.78, 5) is 0. The Bertz CT molecular complexity index is 103. The topological polar surface area (TPSA) is 18.5 Å². The second kappa shape index (κ2) is 6.75. The van der Waals surface area contributed by atoms with Gasteiger partial charge in [-0.3, -0.25) is 0 Å². The lowest BCUT2D eigenvalue weighted by molar-refractivity contribution is 0.0525. The summed E-state index contributed by atoms with van der Waals surface area (Å²) in [6.07, 6.45) is 4.37. The largest absolute Gasteiger partial charge is 0.353 e. The lowest BCUT2D eigenvalue weighted by atomic mass is 10.3. The summed E-state index contributed by atoms with van der Waals surface area (Å²) in [6.45, 7) is 3.53. The van der Waals surface area contributed by atoms with Crippen LogP contribution in [-0.2, 0) is 9.47 Å². The van der Waals surface area contributed by atoms with Crippen molar-refractivity contribution < 1.29 is 9.47 Å². The van der Waals surface area contributed by atoms with E-state index in [1.807, 2.05) is 11.8 Å². The summed E-state index contributed by atoms with van der Waals surface area (Å²) in [7, 11) is 0. The van der Waals surface area contributed by atoms with Crippen molar-refractivity contribution in [3.63, 3.8) is 0 Å². The highest BCUT2D eigenvalue weighted by Gasteiger charge is 2.14. The number of hydrogen-bond acceptors (Lipinski definition) is 3. The van der Waals surface area contributed by atoms with E-state index in [2.05, 4.69) is 6.92 Å². The predicted octanol–water partition coefficient (Wildman–Crippen LogP) is 2.28. The van der Waals surface area contributed by atoms with Crippen LogP contribution in [0.15, 0.2) is 0 Å². The minimum absolute atomic E-state index is 0.358. The summed E-state index contributed by atoms with van der Waals surface area (Å²) >= 11 is 1.99. The molecule has 0 aromatic rings. The van der Waals surface area contributed by atoms with Crippen molar-refractivity contribution >= 4 is 11.8 Å². The molecule has 0 saturated carbocycles. The number of ether oxygens (including phenoxy) is 2. The second-order valence-electron chi connectivity index (χ2n) is 3.06. The lowest BCUT2D eigenvalue weighted by Gasteiger charge is -2.05. The van der Waals surface area contributed by atoms with E-state index in [0.717, 1.165) is 12.4 Å². The number of hydrogen-bond donors (Lipinski definition) is 0. The Hall–Kier alpha value is 0.270. The van der Waals surface area contributed by atoms with Crippen molar-refractivity contribution in [2.45, 2.75) is 32.3 Å². The average molecular weight is 190 g/mol. The predicted molar refractivity (Wildman–Crippen MR) is 52.5 cm³/mol. The van der Waals surface area contributed by atoms with Gasteiger partial charge in [0.05, 0.1) is 12.7 Å². The second-order valence-corrected chi connectivity index (χ2v) is 4.21. The number of rotatable bonds is 6. The maximum atomic E-state index is 5.32. The Labute approximate surface area is 79.0 Å². The molecule has 12 heavy (non-hydrogen) atoms. The van der Waals surface area contributed by atoms with Crippen molar-refractivity contribution in [2.75, 3.05) is 24.9 Å². The molecule has 2 nitrogen and oxygen atoms in total. The van der Waals surface area contributed by atoms with Gasteiger partial charge in [-0.05, 0) is 12.2 Å². The molecule has 1 rings (SSSR count). The van der Waals surface area contributed by atoms with Crippen LogP contribution in [0, 0.1) is 0 Å². The molecule has 3 heteroatoms. The molecule has 72 valence electrons. The Balaban J connectivity index is 1.81. The summed E-state index contributed by atoms with van der Waals surface area (Å²) in [5.74, 6) is 2.37. The van der Waals surface area contributed by atoms with E-state index in [1.54, 1.807) is 0 Å². The van der Waals surface area contributed by atoms with Gasteiger partial charge in [0.25, 0.3) is 0 Å². The molecule has 1 fully saturated rings. The first kappa shape index (κ1) is 10.4. The smallest absolute Gasteiger partial charge is 0.147 e. The van der Waals surface area contributed by atoms with Crippen LogP contribution in [-0.4, -0.2) is 31.0 Å². The standard InChI is InChI=1S/C9H18O2S/c1-2-3-4-5-12-7-9-6-10-8-11-9/h9H,2-8H2,1H3. The summed E-state index contributed by atoms with van der Waals surface area (Å²) in [6, 6.07) is 0. The van der Waals surface area contributed by atoms with Gasteiger partial charge < -0.3 is 9.47 Å². The monoisotopic (exact) mass is 190 g/mol. The summed E-state index contributed by atoms with van der Waals surface area (Å²) in [5.41, 5.74) is 0. The molecule has 1 atom stereocenters. The molecule has 1 saturated heterocycles. The molecular weight excluding hydrogens is 172 g/mol. The van der Waals surface area contributed by atoms with Crippen molar-refractivity contribution in [2.24, 2.45) is 0 Å². The van der Waals surface area contributed by atoms with E-state index in [4.69, 9.17) is 9.47 Å². The molecule has 0 aromatic heterocycles. The highest BCUT2D eigenvalue weighted by atomic mass is 32.2. The SMILES string of the molecule is CCCCCSCC1COCO1. The van der Waals surface area contributed by atoms with Crippen LogP contribution < -0.4 is 0 Å². The van der Waals surface area contributed by atoms with Crippen LogP contribution in [0.5, 0.6) is 0 Å². The minimum atomic E-state index is 0.358. The molecule has 0 amide bonds. The molecule has 0 radical (unpaired) electrons. The molecule has 0 spiro atoms. The fraction of sp³-hybridized carbons (Fsp3) is 1.00. The average Bonchev–Trinajstić information content (AvgIpc) is 2.57. The fourth-order valence-corrected chi connectivity index (χ4v) is 2.17. The third-order valence-electron chi connectivity index (χ3n) is 1.89. The molecule has 1 unspecified atom stereocenters. The quantitative estimate of drug-likeness (QED) is 0.599. The molecule has 1 aliphatic rings. The summed E-state index contributed by atoms with van der Waals surface area (Å²) in [5, 5.41) is 0. The number of thioether (sulfide) groups is 1. The van der Waals surface area contributed by atoms with Crippen molar-refractivity contribution in [3.05, 3.63) is 0 Å². The van der Waals surface area contributed by atoms with E-state index in [1.165, 1.54) is 25.0 Å². The molecular formula is C9H18O2S. The van der Waals surface area contributed by atoms with Crippen LogP contribution in [0.2, 0.25) is 0 Å². The molecule has 0 aromatic carbocycles. The van der Waals surface area contributed by atoms with Gasteiger partial charge in [0.1, 0.15) is 6.79 Å². The van der Waals surface area contributed by atoms with Gasteiger partial charge in [0.2, 0.25) is 0 Å². The normalized spacial score (nSPS) is 23.2. The maximum absolute atomic E-state index is 5.32. The van der Waals surface area contributed by atoms with Crippen molar-refractivity contribution in [1.82, 2.24) is 0 Å². The molecule has 1 heterocycles. The van der Waals surface area contributed by atoms with Gasteiger partial charge in [-0.1, -0.05) is 19.8 Å². The van der Waals surface area contributed by atoms with Crippen LogP contribution in [0.4, 0.5) is 0 Å². The van der Waals surface area contributed by atoms with E-state index in [0.29, 0.717) is 12.9 Å². The van der Waals surface area contributed by atoms with E-state index < -0.39 is 0 Å². The molecule has 0 bridgehead atoms. The zero-order valence-electron chi connectivity index (χ0n) is 7.75. The third-order valence-corrected chi connectivity index (χ3v) is 3.07. The zero-order valence-corrected chi connectivity index (χ0v) is 8.57. The third kappa shape index (κ3) is 4.33. The van der Waals surface area contributed by atoms with Gasteiger partial charge in [-0.25, -0.2) is 0 Å². The first-order chi connectivity index (χ1) is 5.93. The van der Waals surface area contributed by atoms with Gasteiger partial charge in [0, 0.05) is 5.75 Å². The maximum Gasteiger partial charge on any atom is 0.147 e. The van der Waals surface area contributed by atoms with Crippen LogP contribution >= 0.6 is 11.8 Å². The molecule has 0 aliphatic carbocycles. The van der Waals surface area contributed by atoms with Crippen molar-refractivity contribution in [1.29, 1.82) is 0 Å². The Kier molecular flexibility index (Phi) is 5.82. The van der Waals surface area contributed by atoms with Gasteiger partial charge in [0.15, 0.2) is 0 Å². The van der Waals surface area contributed by atoms with Crippen LogP contribution in [0.1, 0.15) is 26.2 Å². The van der Waals surface area contributed by atoms with E-state index in [9.17, 15) is 0 Å². The number of unbranched alkanes of at least 4 members (excludes halogenated alkanes) is 2. The van der Waals surface area contributed by atoms with E-state index >= 15 is 0 Å². The molecule has 1 aliphatic heterocycles. The first-order valence-corrected chi connectivity index (χ1v) is 5.86. The van der Waals surface area contributed by atoms with Crippen molar-refractivity contribution in [3.8, 4) is 0 Å². The Morgan fingerprint density at radius 3 is 3.00 bits per heavy atom. The fourth-order valence-electron chi connectivity index (χ4n) is 1.14. The minimum Gasteiger partial charge on any atom is -0.353 e. The van der Waals surface area contributed by atoms with Crippen LogP contribution in [0.3, 0.4) is 0 Å². The van der Waals surface area contributed by atoms with Gasteiger partial charge >= 0.3 is 0 Å². The van der Waals surface area contributed by atoms with Gasteiger partial charge in [-0.2, -0.15) is 11.8 Å². The Morgan fingerprint density at radius 2 is 2.33 bits per heavy atom. The zero-order chi connectivity index (χ0) is 8.65. The first-order valence-electron chi connectivity index (χ1n) is 4.70. The Morgan fingerprint density at radius 1 is 1.42 bits per heavy atom. The van der Waals surface area contributed by atoms with Gasteiger partial charge in [-0.15, -0.1) is 0 Å². The summed E-state index contributed by atoms with van der Waals surface area (Å²) < 4.78 is 10.4. The van der Waals surface area contributed by atoms with Crippen LogP contribution in [0.25, 0.3) is 0 Å². The molecule has 0 N–H and O–H groups in total. The highest BCUT2D eigenvalue weighted by molar-refractivity contribution is 7.99. The van der Waals surface area contributed by atoms with E-state index in [-0.39, 0.29) is 0 Å². The highest BCUT2D eigenvalue weighted by Crippen LogP contribution is 2.12. The lowest BCUT2D eigenvalue weighted by Crippen LogP contribution is -2.12.